The predicted molar refractivity (Wildman–Crippen MR) is 105 cm³/mol. The molecule has 0 radical (unpaired) electrons. The number of hydrogen-bond acceptors (Lipinski definition) is 5. The highest BCUT2D eigenvalue weighted by Gasteiger charge is 2.20. The van der Waals surface area contributed by atoms with Gasteiger partial charge in [-0.2, -0.15) is 0 Å². The molecule has 0 bridgehead atoms. The summed E-state index contributed by atoms with van der Waals surface area (Å²) in [6.07, 6.45) is 0. The molecule has 1 aromatic heterocycles. The second kappa shape index (κ2) is 8.78. The molecule has 9 heteroatoms. The summed E-state index contributed by atoms with van der Waals surface area (Å²) < 4.78 is 32.3. The zero-order valence-corrected chi connectivity index (χ0v) is 16.3. The number of halogens is 2. The van der Waals surface area contributed by atoms with Crippen LogP contribution in [-0.2, 0) is 0 Å². The lowest BCUT2D eigenvalue weighted by atomic mass is 10.2. The van der Waals surface area contributed by atoms with Gasteiger partial charge in [-0.15, -0.1) is 11.3 Å². The molecule has 0 spiro atoms. The summed E-state index contributed by atoms with van der Waals surface area (Å²) in [6, 6.07) is 9.71. The third-order valence-corrected chi connectivity index (χ3v) is 5.05. The Labute approximate surface area is 169 Å². The molecule has 0 aliphatic heterocycles. The van der Waals surface area contributed by atoms with Crippen molar-refractivity contribution in [3.8, 4) is 5.75 Å². The third-order valence-electron chi connectivity index (χ3n) is 4.02. The van der Waals surface area contributed by atoms with Gasteiger partial charge in [0.1, 0.15) is 16.5 Å². The number of para-hydroxylation sites is 2. The Balaban J connectivity index is 1.69. The van der Waals surface area contributed by atoms with Gasteiger partial charge in [0.2, 0.25) is 0 Å². The molecular formula is C20H17F2N3O3S. The Morgan fingerprint density at radius 3 is 2.62 bits per heavy atom. The van der Waals surface area contributed by atoms with Gasteiger partial charge in [0, 0.05) is 5.38 Å². The minimum Gasteiger partial charge on any atom is -0.495 e. The van der Waals surface area contributed by atoms with Crippen molar-refractivity contribution in [1.29, 1.82) is 0 Å². The normalized spacial score (nSPS) is 11.6. The number of anilines is 1. The average Bonchev–Trinajstić information content (AvgIpc) is 3.21. The zero-order chi connectivity index (χ0) is 21.0. The molecule has 29 heavy (non-hydrogen) atoms. The fraction of sp³-hybridized carbons (Fsp3) is 0.150. The Morgan fingerprint density at radius 1 is 1.10 bits per heavy atom. The molecule has 0 aliphatic carbocycles. The highest BCUT2D eigenvalue weighted by molar-refractivity contribution is 7.09. The standard InChI is InChI=1S/C20H17F2N3O3S/c1-11(23-18(26)12-6-5-7-13(21)17(12)22)20-25-15(10-29-20)19(27)24-14-8-3-4-9-16(14)28-2/h3-11H,1-2H3,(H,23,26)(H,24,27)/t11-/m1/s1. The summed E-state index contributed by atoms with van der Waals surface area (Å²) in [6.45, 7) is 1.63. The summed E-state index contributed by atoms with van der Waals surface area (Å²) in [5.41, 5.74) is 0.258. The van der Waals surface area contributed by atoms with Crippen molar-refractivity contribution in [2.24, 2.45) is 0 Å². The van der Waals surface area contributed by atoms with Crippen molar-refractivity contribution >= 4 is 28.8 Å². The third kappa shape index (κ3) is 4.57. The van der Waals surface area contributed by atoms with E-state index in [2.05, 4.69) is 15.6 Å². The van der Waals surface area contributed by atoms with Gasteiger partial charge in [-0.3, -0.25) is 9.59 Å². The highest BCUT2D eigenvalue weighted by atomic mass is 32.1. The van der Waals surface area contributed by atoms with Crippen molar-refractivity contribution in [3.05, 3.63) is 75.7 Å². The number of thiazole rings is 1. The number of nitrogens with one attached hydrogen (secondary N) is 2. The van der Waals surface area contributed by atoms with Crippen LogP contribution in [0.5, 0.6) is 5.75 Å². The Hall–Kier alpha value is -3.33. The van der Waals surface area contributed by atoms with Crippen LogP contribution in [0.25, 0.3) is 0 Å². The molecule has 3 aromatic rings. The van der Waals surface area contributed by atoms with E-state index in [9.17, 15) is 18.4 Å². The first-order valence-electron chi connectivity index (χ1n) is 8.55. The molecule has 3 rings (SSSR count). The number of methoxy groups -OCH3 is 1. The van der Waals surface area contributed by atoms with Crippen LogP contribution in [0.3, 0.4) is 0 Å². The number of carbonyl (C=O) groups excluding carboxylic acids is 2. The molecule has 2 N–H and O–H groups in total. The SMILES string of the molecule is COc1ccccc1NC(=O)c1csc([C@@H](C)NC(=O)c2cccc(F)c2F)n1. The van der Waals surface area contributed by atoms with Crippen LogP contribution in [0, 0.1) is 11.6 Å². The molecular weight excluding hydrogens is 400 g/mol. The summed E-state index contributed by atoms with van der Waals surface area (Å²) in [4.78, 5) is 28.9. The van der Waals surface area contributed by atoms with E-state index in [1.165, 1.54) is 30.6 Å². The second-order valence-electron chi connectivity index (χ2n) is 6.02. The number of carbonyl (C=O) groups is 2. The molecule has 0 unspecified atom stereocenters. The molecule has 0 fully saturated rings. The second-order valence-corrected chi connectivity index (χ2v) is 6.91. The molecule has 2 amide bonds. The predicted octanol–water partition coefficient (Wildman–Crippen LogP) is 4.17. The Morgan fingerprint density at radius 2 is 1.86 bits per heavy atom. The highest BCUT2D eigenvalue weighted by Crippen LogP contribution is 2.25. The van der Waals surface area contributed by atoms with Gasteiger partial charge in [-0.05, 0) is 31.2 Å². The maximum absolute atomic E-state index is 13.8. The van der Waals surface area contributed by atoms with Gasteiger partial charge < -0.3 is 15.4 Å². The van der Waals surface area contributed by atoms with Gasteiger partial charge in [0.25, 0.3) is 11.8 Å². The minimum absolute atomic E-state index is 0.161. The molecule has 1 atom stereocenters. The summed E-state index contributed by atoms with van der Waals surface area (Å²) in [7, 11) is 1.50. The number of benzene rings is 2. The van der Waals surface area contributed by atoms with Gasteiger partial charge >= 0.3 is 0 Å². The van der Waals surface area contributed by atoms with E-state index in [0.717, 1.165) is 6.07 Å². The van der Waals surface area contributed by atoms with E-state index in [1.54, 1.807) is 36.6 Å². The van der Waals surface area contributed by atoms with Crippen molar-refractivity contribution in [3.63, 3.8) is 0 Å². The lowest BCUT2D eigenvalue weighted by Gasteiger charge is -2.12. The number of rotatable bonds is 6. The van der Waals surface area contributed by atoms with E-state index >= 15 is 0 Å². The van der Waals surface area contributed by atoms with Gasteiger partial charge in [-0.25, -0.2) is 13.8 Å². The van der Waals surface area contributed by atoms with E-state index in [1.807, 2.05) is 0 Å². The van der Waals surface area contributed by atoms with Crippen molar-refractivity contribution in [2.45, 2.75) is 13.0 Å². The first-order chi connectivity index (χ1) is 13.9. The maximum atomic E-state index is 13.8. The summed E-state index contributed by atoms with van der Waals surface area (Å²) >= 11 is 1.17. The van der Waals surface area contributed by atoms with E-state index < -0.39 is 35.1 Å². The molecule has 2 aromatic carbocycles. The van der Waals surface area contributed by atoms with Crippen LogP contribution in [0.1, 0.15) is 38.8 Å². The van der Waals surface area contributed by atoms with E-state index in [4.69, 9.17) is 4.74 Å². The van der Waals surface area contributed by atoms with Crippen molar-refractivity contribution in [1.82, 2.24) is 10.3 Å². The fourth-order valence-corrected chi connectivity index (χ4v) is 3.35. The number of ether oxygens (including phenoxy) is 1. The summed E-state index contributed by atoms with van der Waals surface area (Å²) in [5, 5.41) is 7.26. The van der Waals surface area contributed by atoms with E-state index in [-0.39, 0.29) is 5.69 Å². The molecule has 150 valence electrons. The topological polar surface area (TPSA) is 80.3 Å². The number of amides is 2. The van der Waals surface area contributed by atoms with Gasteiger partial charge in [0.05, 0.1) is 24.4 Å². The largest absolute Gasteiger partial charge is 0.495 e. The summed E-state index contributed by atoms with van der Waals surface area (Å²) in [5.74, 6) is -3.02. The van der Waals surface area contributed by atoms with Crippen LogP contribution in [-0.4, -0.2) is 23.9 Å². The average molecular weight is 417 g/mol. The maximum Gasteiger partial charge on any atom is 0.275 e. The molecule has 6 nitrogen and oxygen atoms in total. The monoisotopic (exact) mass is 417 g/mol. The quantitative estimate of drug-likeness (QED) is 0.631. The molecule has 0 saturated heterocycles. The molecule has 1 heterocycles. The number of aromatic nitrogens is 1. The number of hydrogen-bond donors (Lipinski definition) is 2. The van der Waals surface area contributed by atoms with Crippen molar-refractivity contribution in [2.75, 3.05) is 12.4 Å². The molecule has 0 saturated carbocycles. The smallest absolute Gasteiger partial charge is 0.275 e. The van der Waals surface area contributed by atoms with Crippen LogP contribution in [0.2, 0.25) is 0 Å². The lowest BCUT2D eigenvalue weighted by Crippen LogP contribution is -2.27. The van der Waals surface area contributed by atoms with Crippen LogP contribution in [0.4, 0.5) is 14.5 Å². The van der Waals surface area contributed by atoms with Crippen LogP contribution in [0.15, 0.2) is 47.8 Å². The first-order valence-corrected chi connectivity index (χ1v) is 9.43. The Bertz CT molecular complexity index is 1050. The minimum atomic E-state index is -1.21. The lowest BCUT2D eigenvalue weighted by molar-refractivity contribution is 0.0934. The zero-order valence-electron chi connectivity index (χ0n) is 15.5. The molecule has 0 aliphatic rings. The number of nitrogens with zero attached hydrogens (tertiary/aromatic N) is 1. The van der Waals surface area contributed by atoms with Gasteiger partial charge in [-0.1, -0.05) is 18.2 Å². The fourth-order valence-electron chi connectivity index (χ4n) is 2.54. The Kier molecular flexibility index (Phi) is 6.18. The van der Waals surface area contributed by atoms with Crippen molar-refractivity contribution < 1.29 is 23.1 Å². The van der Waals surface area contributed by atoms with Crippen LogP contribution < -0.4 is 15.4 Å². The van der Waals surface area contributed by atoms with E-state index in [0.29, 0.717) is 16.4 Å². The van der Waals surface area contributed by atoms with Gasteiger partial charge in [0.15, 0.2) is 11.6 Å². The van der Waals surface area contributed by atoms with Crippen LogP contribution >= 0.6 is 11.3 Å². The first kappa shape index (κ1) is 20.4.